The minimum absolute atomic E-state index is 0.224. The van der Waals surface area contributed by atoms with Gasteiger partial charge >= 0.3 is 0 Å². The van der Waals surface area contributed by atoms with E-state index in [1.54, 1.807) is 31.2 Å². The van der Waals surface area contributed by atoms with Crippen LogP contribution in [0.1, 0.15) is 18.1 Å². The number of hydrogen-bond acceptors (Lipinski definition) is 3. The summed E-state index contributed by atoms with van der Waals surface area (Å²) in [5.74, 6) is 0. The SMILES string of the molecule is Cc1ccc(S(=O)(=O)N(Cc2ccccc2)[C@@H](C)CO)cc1. The van der Waals surface area contributed by atoms with Crippen LogP contribution in [0.3, 0.4) is 0 Å². The maximum absolute atomic E-state index is 12.9. The second-order valence-corrected chi connectivity index (χ2v) is 7.27. The Balaban J connectivity index is 2.37. The molecule has 0 fully saturated rings. The van der Waals surface area contributed by atoms with Crippen LogP contribution >= 0.6 is 0 Å². The monoisotopic (exact) mass is 319 g/mol. The van der Waals surface area contributed by atoms with E-state index in [4.69, 9.17) is 0 Å². The molecule has 2 aromatic carbocycles. The molecular formula is C17H21NO3S. The number of rotatable bonds is 6. The van der Waals surface area contributed by atoms with Crippen LogP contribution in [0.5, 0.6) is 0 Å². The van der Waals surface area contributed by atoms with Gasteiger partial charge < -0.3 is 5.11 Å². The van der Waals surface area contributed by atoms with Crippen LogP contribution in [0, 0.1) is 6.92 Å². The molecule has 2 rings (SSSR count). The molecule has 0 aliphatic heterocycles. The summed E-state index contributed by atoms with van der Waals surface area (Å²) in [5, 5.41) is 9.43. The van der Waals surface area contributed by atoms with Crippen LogP contribution in [0.4, 0.5) is 0 Å². The van der Waals surface area contributed by atoms with Crippen molar-refractivity contribution in [2.75, 3.05) is 6.61 Å². The molecule has 1 atom stereocenters. The summed E-state index contributed by atoms with van der Waals surface area (Å²) < 4.78 is 27.1. The molecule has 0 saturated heterocycles. The molecule has 0 unspecified atom stereocenters. The maximum atomic E-state index is 12.9. The number of sulfonamides is 1. The summed E-state index contributed by atoms with van der Waals surface area (Å²) in [5.41, 5.74) is 1.89. The van der Waals surface area contributed by atoms with Gasteiger partial charge in [-0.2, -0.15) is 4.31 Å². The number of aliphatic hydroxyl groups is 1. The molecule has 0 heterocycles. The molecule has 0 saturated carbocycles. The normalized spacial score (nSPS) is 13.3. The van der Waals surface area contributed by atoms with E-state index >= 15 is 0 Å². The molecule has 4 nitrogen and oxygen atoms in total. The van der Waals surface area contributed by atoms with Gasteiger partial charge in [0.1, 0.15) is 0 Å². The van der Waals surface area contributed by atoms with Crippen molar-refractivity contribution >= 4 is 10.0 Å². The van der Waals surface area contributed by atoms with Crippen LogP contribution in [0.15, 0.2) is 59.5 Å². The van der Waals surface area contributed by atoms with Crippen LogP contribution in [-0.2, 0) is 16.6 Å². The first-order valence-corrected chi connectivity index (χ1v) is 8.62. The topological polar surface area (TPSA) is 57.6 Å². The van der Waals surface area contributed by atoms with Gasteiger partial charge in [0.25, 0.3) is 0 Å². The third kappa shape index (κ3) is 3.74. The Hall–Kier alpha value is -1.69. The first-order valence-electron chi connectivity index (χ1n) is 7.18. The second kappa shape index (κ2) is 7.05. The molecule has 0 bridgehead atoms. The van der Waals surface area contributed by atoms with Crippen molar-refractivity contribution < 1.29 is 13.5 Å². The van der Waals surface area contributed by atoms with Gasteiger partial charge in [-0.25, -0.2) is 8.42 Å². The third-order valence-electron chi connectivity index (χ3n) is 3.56. The molecule has 0 amide bonds. The maximum Gasteiger partial charge on any atom is 0.243 e. The lowest BCUT2D eigenvalue weighted by atomic mass is 10.2. The molecule has 0 aliphatic rings. The lowest BCUT2D eigenvalue weighted by Gasteiger charge is -2.27. The van der Waals surface area contributed by atoms with E-state index in [-0.39, 0.29) is 18.0 Å². The van der Waals surface area contributed by atoms with Gasteiger partial charge in [0, 0.05) is 12.6 Å². The number of hydrogen-bond donors (Lipinski definition) is 1. The minimum atomic E-state index is -3.65. The first-order chi connectivity index (χ1) is 10.4. The standard InChI is InChI=1S/C17H21NO3S/c1-14-8-10-17(11-9-14)22(20,21)18(15(2)13-19)12-16-6-4-3-5-7-16/h3-11,15,19H,12-13H2,1-2H3/t15-/m0/s1. The number of aryl methyl sites for hydroxylation is 1. The van der Waals surface area contributed by atoms with Gasteiger partial charge in [0.15, 0.2) is 0 Å². The Morgan fingerprint density at radius 3 is 2.18 bits per heavy atom. The zero-order chi connectivity index (χ0) is 16.2. The fourth-order valence-corrected chi connectivity index (χ4v) is 3.79. The fourth-order valence-electron chi connectivity index (χ4n) is 2.18. The van der Waals surface area contributed by atoms with E-state index in [2.05, 4.69) is 0 Å². The van der Waals surface area contributed by atoms with Crippen LogP contribution in [-0.4, -0.2) is 30.5 Å². The number of nitrogens with zero attached hydrogens (tertiary/aromatic N) is 1. The van der Waals surface area contributed by atoms with Crippen LogP contribution in [0.25, 0.3) is 0 Å². The fraction of sp³-hybridized carbons (Fsp3) is 0.294. The van der Waals surface area contributed by atoms with Crippen molar-refractivity contribution in [3.8, 4) is 0 Å². The molecule has 5 heteroatoms. The molecule has 0 radical (unpaired) electrons. The highest BCUT2D eigenvalue weighted by Crippen LogP contribution is 2.21. The van der Waals surface area contributed by atoms with Crippen LogP contribution < -0.4 is 0 Å². The Kier molecular flexibility index (Phi) is 5.34. The van der Waals surface area contributed by atoms with Crippen molar-refractivity contribution in [1.29, 1.82) is 0 Å². The molecule has 0 aliphatic carbocycles. The van der Waals surface area contributed by atoms with E-state index in [1.165, 1.54) is 4.31 Å². The third-order valence-corrected chi connectivity index (χ3v) is 5.54. The molecule has 1 N–H and O–H groups in total. The van der Waals surface area contributed by atoms with E-state index in [0.29, 0.717) is 0 Å². The summed E-state index contributed by atoms with van der Waals surface area (Å²) in [4.78, 5) is 0.245. The van der Waals surface area contributed by atoms with Gasteiger partial charge in [-0.05, 0) is 31.5 Å². The molecule has 22 heavy (non-hydrogen) atoms. The molecule has 0 spiro atoms. The van der Waals surface area contributed by atoms with Gasteiger partial charge in [0.05, 0.1) is 11.5 Å². The molecular weight excluding hydrogens is 298 g/mol. The van der Waals surface area contributed by atoms with Crippen molar-refractivity contribution in [3.05, 3.63) is 65.7 Å². The Labute approximate surface area is 132 Å². The largest absolute Gasteiger partial charge is 0.395 e. The first kappa shape index (κ1) is 16.7. The average molecular weight is 319 g/mol. The summed E-state index contributed by atoms with van der Waals surface area (Å²) in [6.07, 6.45) is 0. The smallest absolute Gasteiger partial charge is 0.243 e. The van der Waals surface area contributed by atoms with E-state index in [1.807, 2.05) is 37.3 Å². The Bertz CT molecular complexity index is 696. The van der Waals surface area contributed by atoms with Gasteiger partial charge in [0.2, 0.25) is 10.0 Å². The number of benzene rings is 2. The van der Waals surface area contributed by atoms with Gasteiger partial charge in [-0.3, -0.25) is 0 Å². The number of aliphatic hydroxyl groups excluding tert-OH is 1. The van der Waals surface area contributed by atoms with Crippen molar-refractivity contribution in [2.45, 2.75) is 31.3 Å². The van der Waals surface area contributed by atoms with Crippen molar-refractivity contribution in [3.63, 3.8) is 0 Å². The second-order valence-electron chi connectivity index (χ2n) is 5.38. The highest BCUT2D eigenvalue weighted by Gasteiger charge is 2.28. The zero-order valence-corrected chi connectivity index (χ0v) is 13.6. The summed E-state index contributed by atoms with van der Waals surface area (Å²) >= 11 is 0. The summed E-state index contributed by atoms with van der Waals surface area (Å²) in [6, 6.07) is 15.6. The van der Waals surface area contributed by atoms with Crippen molar-refractivity contribution in [2.24, 2.45) is 0 Å². The van der Waals surface area contributed by atoms with E-state index in [9.17, 15) is 13.5 Å². The predicted molar refractivity (Wildman–Crippen MR) is 86.9 cm³/mol. The Morgan fingerprint density at radius 2 is 1.64 bits per heavy atom. The van der Waals surface area contributed by atoms with Crippen LogP contribution in [0.2, 0.25) is 0 Å². The van der Waals surface area contributed by atoms with Gasteiger partial charge in [-0.15, -0.1) is 0 Å². The van der Waals surface area contributed by atoms with E-state index < -0.39 is 16.1 Å². The van der Waals surface area contributed by atoms with E-state index in [0.717, 1.165) is 11.1 Å². The van der Waals surface area contributed by atoms with Crippen molar-refractivity contribution in [1.82, 2.24) is 4.31 Å². The molecule has 0 aromatic heterocycles. The van der Waals surface area contributed by atoms with Gasteiger partial charge in [-0.1, -0.05) is 48.0 Å². The predicted octanol–water partition coefficient (Wildman–Crippen LogP) is 2.57. The Morgan fingerprint density at radius 1 is 1.05 bits per heavy atom. The summed E-state index contributed by atoms with van der Waals surface area (Å²) in [7, 11) is -3.65. The highest BCUT2D eigenvalue weighted by atomic mass is 32.2. The summed E-state index contributed by atoms with van der Waals surface area (Å²) in [6.45, 7) is 3.62. The minimum Gasteiger partial charge on any atom is -0.395 e. The molecule has 2 aromatic rings. The quantitative estimate of drug-likeness (QED) is 0.890. The zero-order valence-electron chi connectivity index (χ0n) is 12.8. The average Bonchev–Trinajstić information content (AvgIpc) is 2.53. The molecule has 118 valence electrons. The highest BCUT2D eigenvalue weighted by molar-refractivity contribution is 7.89. The lowest BCUT2D eigenvalue weighted by molar-refractivity contribution is 0.194. The lowest BCUT2D eigenvalue weighted by Crippen LogP contribution is -2.40.